The van der Waals surface area contributed by atoms with Gasteiger partial charge < -0.3 is 4.79 Å². The molecule has 0 rings (SSSR count). The fraction of sp³-hybridized carbons (Fsp3) is 0.667. The van der Waals surface area contributed by atoms with Gasteiger partial charge in [-0.2, -0.15) is 0 Å². The molecule has 0 aromatic rings. The molecule has 0 amide bonds. The molecule has 0 saturated carbocycles. The van der Waals surface area contributed by atoms with E-state index in [1.165, 1.54) is 0 Å². The predicted octanol–water partition coefficient (Wildman–Crippen LogP) is 1.69. The van der Waals surface area contributed by atoms with Gasteiger partial charge in [-0.25, -0.2) is 0 Å². The van der Waals surface area contributed by atoms with Gasteiger partial charge in [0.25, 0.3) is 0 Å². The fourth-order valence-electron chi connectivity index (χ4n) is 0.0727. The maximum Gasteiger partial charge on any atom is 0.121 e. The van der Waals surface area contributed by atoms with Gasteiger partial charge >= 0.3 is 0 Å². The standard InChI is InChI=1S/C3H4Br2O/c4-3(5)1-2-6/h2-3H,1H2. The summed E-state index contributed by atoms with van der Waals surface area (Å²) >= 11 is 6.24. The van der Waals surface area contributed by atoms with E-state index < -0.39 is 0 Å². The van der Waals surface area contributed by atoms with Crippen LogP contribution in [0, 0.1) is 0 Å². The molecule has 0 fully saturated rings. The van der Waals surface area contributed by atoms with Crippen molar-refractivity contribution in [3.05, 3.63) is 0 Å². The van der Waals surface area contributed by atoms with E-state index in [2.05, 4.69) is 31.9 Å². The summed E-state index contributed by atoms with van der Waals surface area (Å²) < 4.78 is 0.155. The summed E-state index contributed by atoms with van der Waals surface area (Å²) in [6.45, 7) is 0. The Morgan fingerprint density at radius 3 is 2.17 bits per heavy atom. The van der Waals surface area contributed by atoms with Crippen LogP contribution in [-0.2, 0) is 4.79 Å². The third-order valence-corrected chi connectivity index (χ3v) is 1.02. The molecule has 0 heterocycles. The Morgan fingerprint density at radius 2 is 2.17 bits per heavy atom. The molecule has 0 spiro atoms. The van der Waals surface area contributed by atoms with Gasteiger partial charge in [-0.05, 0) is 0 Å². The molecule has 0 aromatic heterocycles. The first-order valence-corrected chi connectivity index (χ1v) is 3.32. The highest BCUT2D eigenvalue weighted by molar-refractivity contribution is 9.24. The number of hydrogen-bond donors (Lipinski definition) is 0. The van der Waals surface area contributed by atoms with Crippen LogP contribution in [0.15, 0.2) is 0 Å². The summed E-state index contributed by atoms with van der Waals surface area (Å²) in [6, 6.07) is 0. The van der Waals surface area contributed by atoms with Crippen LogP contribution in [0.3, 0.4) is 0 Å². The summed E-state index contributed by atoms with van der Waals surface area (Å²) in [6.07, 6.45) is 1.38. The lowest BCUT2D eigenvalue weighted by Gasteiger charge is -1.84. The van der Waals surface area contributed by atoms with Gasteiger partial charge in [-0.1, -0.05) is 31.9 Å². The summed E-state index contributed by atoms with van der Waals surface area (Å²) in [5.74, 6) is 0. The lowest BCUT2D eigenvalue weighted by atomic mass is 10.6. The van der Waals surface area contributed by atoms with Crippen molar-refractivity contribution < 1.29 is 4.79 Å². The molecular formula is C3H4Br2O. The summed E-state index contributed by atoms with van der Waals surface area (Å²) in [7, 11) is 0. The minimum atomic E-state index is 0.155. The summed E-state index contributed by atoms with van der Waals surface area (Å²) in [5, 5.41) is 0. The molecule has 0 saturated heterocycles. The summed E-state index contributed by atoms with van der Waals surface area (Å²) in [4.78, 5) is 9.56. The maximum absolute atomic E-state index is 9.56. The van der Waals surface area contributed by atoms with E-state index in [1.54, 1.807) is 0 Å². The van der Waals surface area contributed by atoms with E-state index in [0.717, 1.165) is 6.29 Å². The van der Waals surface area contributed by atoms with Gasteiger partial charge in [0.1, 0.15) is 6.29 Å². The van der Waals surface area contributed by atoms with Crippen molar-refractivity contribution in [1.82, 2.24) is 0 Å². The SMILES string of the molecule is O=CCC(Br)Br. The molecule has 1 nitrogen and oxygen atoms in total. The Bertz CT molecular complexity index is 44.1. The van der Waals surface area contributed by atoms with Crippen LogP contribution in [0.25, 0.3) is 0 Å². The Morgan fingerprint density at radius 1 is 1.67 bits per heavy atom. The first-order valence-electron chi connectivity index (χ1n) is 1.49. The molecule has 3 heteroatoms. The van der Waals surface area contributed by atoms with Crippen LogP contribution in [0.5, 0.6) is 0 Å². The van der Waals surface area contributed by atoms with E-state index in [0.29, 0.717) is 6.42 Å². The molecule has 0 bridgehead atoms. The van der Waals surface area contributed by atoms with Gasteiger partial charge in [0.05, 0.1) is 3.74 Å². The van der Waals surface area contributed by atoms with Crippen LogP contribution < -0.4 is 0 Å². The third kappa shape index (κ3) is 4.63. The average Bonchev–Trinajstić information content (AvgIpc) is 1.35. The average molecular weight is 216 g/mol. The Kier molecular flexibility index (Phi) is 4.21. The van der Waals surface area contributed by atoms with Gasteiger partial charge in [-0.3, -0.25) is 0 Å². The molecule has 0 radical (unpaired) electrons. The second-order valence-corrected chi connectivity index (χ2v) is 4.23. The lowest BCUT2D eigenvalue weighted by molar-refractivity contribution is -0.107. The number of carbonyl (C=O) groups is 1. The number of halogens is 2. The van der Waals surface area contributed by atoms with E-state index >= 15 is 0 Å². The maximum atomic E-state index is 9.56. The number of aldehydes is 1. The van der Waals surface area contributed by atoms with Crippen molar-refractivity contribution in [3.63, 3.8) is 0 Å². The molecule has 0 aliphatic carbocycles. The highest BCUT2D eigenvalue weighted by Gasteiger charge is 1.90. The molecule has 0 unspecified atom stereocenters. The van der Waals surface area contributed by atoms with Crippen LogP contribution in [-0.4, -0.2) is 10.0 Å². The second-order valence-electron chi connectivity index (χ2n) is 0.793. The molecular weight excluding hydrogens is 212 g/mol. The number of carbonyl (C=O) groups excluding carboxylic acids is 1. The van der Waals surface area contributed by atoms with E-state index in [9.17, 15) is 4.79 Å². The Balaban J connectivity index is 2.81. The Labute approximate surface area is 53.4 Å². The second kappa shape index (κ2) is 3.81. The Hall–Kier alpha value is 0.630. The molecule has 0 aliphatic rings. The van der Waals surface area contributed by atoms with Crippen LogP contribution in [0.1, 0.15) is 6.42 Å². The van der Waals surface area contributed by atoms with Crippen LogP contribution in [0.2, 0.25) is 0 Å². The summed E-state index contributed by atoms with van der Waals surface area (Å²) in [5.41, 5.74) is 0. The van der Waals surface area contributed by atoms with E-state index in [-0.39, 0.29) is 3.74 Å². The van der Waals surface area contributed by atoms with E-state index in [1.807, 2.05) is 0 Å². The van der Waals surface area contributed by atoms with Crippen molar-refractivity contribution in [2.75, 3.05) is 0 Å². The first-order chi connectivity index (χ1) is 2.77. The normalized spacial score (nSPS) is 9.17. The van der Waals surface area contributed by atoms with Gasteiger partial charge in [-0.15, -0.1) is 0 Å². The van der Waals surface area contributed by atoms with Gasteiger partial charge in [0.15, 0.2) is 0 Å². The molecule has 0 N–H and O–H groups in total. The van der Waals surface area contributed by atoms with Crippen LogP contribution in [0.4, 0.5) is 0 Å². The van der Waals surface area contributed by atoms with Crippen molar-refractivity contribution in [2.24, 2.45) is 0 Å². The number of rotatable bonds is 2. The molecule has 0 atom stereocenters. The third-order valence-electron chi connectivity index (χ3n) is 0.274. The van der Waals surface area contributed by atoms with E-state index in [4.69, 9.17) is 0 Å². The highest BCUT2D eigenvalue weighted by Crippen LogP contribution is 2.09. The zero-order valence-electron chi connectivity index (χ0n) is 3.03. The predicted molar refractivity (Wildman–Crippen MR) is 32.3 cm³/mol. The lowest BCUT2D eigenvalue weighted by Crippen LogP contribution is -1.82. The molecule has 36 valence electrons. The zero-order chi connectivity index (χ0) is 4.99. The molecule has 6 heavy (non-hydrogen) atoms. The zero-order valence-corrected chi connectivity index (χ0v) is 6.20. The molecule has 0 aliphatic heterocycles. The smallest absolute Gasteiger partial charge is 0.121 e. The minimum absolute atomic E-state index is 0.155. The number of hydrogen-bond acceptors (Lipinski definition) is 1. The van der Waals surface area contributed by atoms with Crippen LogP contribution >= 0.6 is 31.9 Å². The topological polar surface area (TPSA) is 17.1 Å². The largest absolute Gasteiger partial charge is 0.303 e. The monoisotopic (exact) mass is 214 g/mol. The fourth-order valence-corrected chi connectivity index (χ4v) is 0.378. The van der Waals surface area contributed by atoms with Gasteiger partial charge in [0.2, 0.25) is 0 Å². The molecule has 0 aromatic carbocycles. The van der Waals surface area contributed by atoms with Crippen molar-refractivity contribution >= 4 is 38.1 Å². The number of alkyl halides is 2. The quantitative estimate of drug-likeness (QED) is 0.506. The minimum Gasteiger partial charge on any atom is -0.303 e. The highest BCUT2D eigenvalue weighted by atomic mass is 79.9. The van der Waals surface area contributed by atoms with Crippen molar-refractivity contribution in [3.8, 4) is 0 Å². The van der Waals surface area contributed by atoms with Crippen molar-refractivity contribution in [1.29, 1.82) is 0 Å². The van der Waals surface area contributed by atoms with Crippen molar-refractivity contribution in [2.45, 2.75) is 10.2 Å². The first kappa shape index (κ1) is 6.63. The van der Waals surface area contributed by atoms with Gasteiger partial charge in [0, 0.05) is 6.42 Å².